The maximum atomic E-state index is 13.3. The molecule has 1 aliphatic heterocycles. The van der Waals surface area contributed by atoms with E-state index < -0.39 is 78.9 Å². The fourth-order valence-electron chi connectivity index (χ4n) is 3.70. The van der Waals surface area contributed by atoms with E-state index in [1.54, 1.807) is 0 Å². The summed E-state index contributed by atoms with van der Waals surface area (Å²) in [5.74, 6) is -4.06. The van der Waals surface area contributed by atoms with Gasteiger partial charge < -0.3 is 39.7 Å². The lowest BCUT2D eigenvalue weighted by Gasteiger charge is -2.38. The Morgan fingerprint density at radius 3 is 2.34 bits per heavy atom. The van der Waals surface area contributed by atoms with E-state index in [0.29, 0.717) is 3.53 Å². The highest BCUT2D eigenvalue weighted by Gasteiger charge is 2.46. The van der Waals surface area contributed by atoms with Gasteiger partial charge in [-0.2, -0.15) is 5.26 Å². The quantitative estimate of drug-likeness (QED) is 0.138. The summed E-state index contributed by atoms with van der Waals surface area (Å²) in [5, 5.41) is 58.4. The van der Waals surface area contributed by atoms with Crippen LogP contribution in [-0.2, 0) is 28.6 Å². The third kappa shape index (κ3) is 10.2. The zero-order chi connectivity index (χ0) is 29.0. The third-order valence-corrected chi connectivity index (χ3v) is 9.19. The number of thioether (sulfide) groups is 2. The maximum absolute atomic E-state index is 13.3. The molecule has 0 radical (unpaired) electrons. The van der Waals surface area contributed by atoms with E-state index in [-0.39, 0.29) is 18.6 Å². The Morgan fingerprint density at radius 1 is 1.13 bits per heavy atom. The molecule has 0 spiro atoms. The molecule has 0 aliphatic carbocycles. The van der Waals surface area contributed by atoms with Crippen molar-refractivity contribution in [1.82, 2.24) is 0 Å². The Labute approximate surface area is 235 Å². The smallest absolute Gasteiger partial charge is 0.310 e. The van der Waals surface area contributed by atoms with Gasteiger partial charge in [0.05, 0.1) is 30.4 Å². The van der Waals surface area contributed by atoms with E-state index in [0.717, 1.165) is 12.2 Å². The molecular weight excluding hydrogens is 562 g/mol. The molecule has 0 aromatic rings. The maximum Gasteiger partial charge on any atom is 0.310 e. The standard InChI is InChI=1S/C23H35NO11S3/c1-4-7-37-22(36)38-10-12(19(30)33-3)8-13(23(2,11-24)6-5-15(25)26)20(31)34-9-14-16(27)17(28)18(29)21(32)35-14/h12-14,16-18,21,27-29,32H,4-10H2,1-3H3,(H,25,26)/t12?,13?,14?,16-,17+,18?,21+,23?/m1/s1. The highest BCUT2D eigenvalue weighted by molar-refractivity contribution is 8.47. The topological polar surface area (TPSA) is 204 Å². The number of nitrogens with zero attached hydrogens (tertiary/aromatic N) is 1. The number of hydrogen-bond acceptors (Lipinski definition) is 14. The molecule has 0 aromatic carbocycles. The van der Waals surface area contributed by atoms with Crippen LogP contribution in [0.1, 0.15) is 39.5 Å². The summed E-state index contributed by atoms with van der Waals surface area (Å²) < 4.78 is 15.8. The van der Waals surface area contributed by atoms with Crippen LogP contribution in [0.4, 0.5) is 0 Å². The average molecular weight is 598 g/mol. The first-order valence-corrected chi connectivity index (χ1v) is 14.2. The summed E-state index contributed by atoms with van der Waals surface area (Å²) in [5.41, 5.74) is -1.56. The lowest BCUT2D eigenvalue weighted by atomic mass is 9.71. The second-order valence-corrected chi connectivity index (χ2v) is 12.3. The van der Waals surface area contributed by atoms with Gasteiger partial charge in [0.2, 0.25) is 0 Å². The summed E-state index contributed by atoms with van der Waals surface area (Å²) in [4.78, 5) is 37.1. The lowest BCUT2D eigenvalue weighted by molar-refractivity contribution is -0.287. The molecule has 0 amide bonds. The van der Waals surface area contributed by atoms with Crippen LogP contribution in [0.15, 0.2) is 0 Å². The predicted octanol–water partition coefficient (Wildman–Crippen LogP) is 0.681. The van der Waals surface area contributed by atoms with E-state index in [1.807, 2.05) is 13.0 Å². The number of methoxy groups -OCH3 is 1. The molecule has 15 heteroatoms. The van der Waals surface area contributed by atoms with Crippen molar-refractivity contribution in [3.8, 4) is 6.07 Å². The molecule has 1 fully saturated rings. The highest BCUT2D eigenvalue weighted by Crippen LogP contribution is 2.39. The molecule has 0 aromatic heterocycles. The molecule has 0 bridgehead atoms. The van der Waals surface area contributed by atoms with E-state index >= 15 is 0 Å². The third-order valence-electron chi connectivity index (χ3n) is 6.13. The van der Waals surface area contributed by atoms with Crippen LogP contribution in [0.5, 0.6) is 0 Å². The van der Waals surface area contributed by atoms with Crippen molar-refractivity contribution >= 4 is 57.2 Å². The number of nitriles is 1. The molecule has 1 heterocycles. The van der Waals surface area contributed by atoms with Gasteiger partial charge in [-0.3, -0.25) is 14.4 Å². The van der Waals surface area contributed by atoms with Gasteiger partial charge in [-0.25, -0.2) is 0 Å². The number of aliphatic hydroxyl groups excluding tert-OH is 4. The Kier molecular flexibility index (Phi) is 15.0. The number of hydrogen-bond donors (Lipinski definition) is 5. The number of aliphatic carboxylic acids is 1. The van der Waals surface area contributed by atoms with Crippen LogP contribution in [0, 0.1) is 28.6 Å². The molecule has 8 atom stereocenters. The Balaban J connectivity index is 3.15. The minimum Gasteiger partial charge on any atom is -0.481 e. The lowest BCUT2D eigenvalue weighted by Crippen LogP contribution is -2.58. The highest BCUT2D eigenvalue weighted by atomic mass is 32.2. The van der Waals surface area contributed by atoms with Crippen molar-refractivity contribution in [2.45, 2.75) is 70.2 Å². The first kappa shape index (κ1) is 34.5. The number of rotatable bonds is 14. The predicted molar refractivity (Wildman–Crippen MR) is 142 cm³/mol. The largest absolute Gasteiger partial charge is 0.481 e. The van der Waals surface area contributed by atoms with Crippen LogP contribution in [-0.4, -0.2) is 103 Å². The van der Waals surface area contributed by atoms with Gasteiger partial charge in [0.15, 0.2) is 6.29 Å². The molecule has 216 valence electrons. The first-order valence-electron chi connectivity index (χ1n) is 11.9. The number of esters is 2. The van der Waals surface area contributed by atoms with Crippen LogP contribution >= 0.6 is 35.7 Å². The van der Waals surface area contributed by atoms with Gasteiger partial charge in [0, 0.05) is 12.2 Å². The minimum absolute atomic E-state index is 0.146. The van der Waals surface area contributed by atoms with Gasteiger partial charge in [-0.05, 0) is 31.9 Å². The first-order chi connectivity index (χ1) is 17.8. The van der Waals surface area contributed by atoms with Gasteiger partial charge >= 0.3 is 17.9 Å². The van der Waals surface area contributed by atoms with Crippen molar-refractivity contribution in [3.63, 3.8) is 0 Å². The zero-order valence-corrected chi connectivity index (χ0v) is 23.8. The summed E-state index contributed by atoms with van der Waals surface area (Å²) >= 11 is 7.99. The van der Waals surface area contributed by atoms with Crippen LogP contribution < -0.4 is 0 Å². The number of carboxylic acid groups (broad SMARTS) is 1. The summed E-state index contributed by atoms with van der Waals surface area (Å²) in [6.07, 6.45) is -8.47. The molecule has 12 nitrogen and oxygen atoms in total. The van der Waals surface area contributed by atoms with Gasteiger partial charge in [-0.15, -0.1) is 23.5 Å². The van der Waals surface area contributed by atoms with Crippen molar-refractivity contribution < 1.29 is 54.1 Å². The summed E-state index contributed by atoms with van der Waals surface area (Å²) in [7, 11) is 1.18. The van der Waals surface area contributed by atoms with Crippen LogP contribution in [0.25, 0.3) is 0 Å². The minimum atomic E-state index is -1.84. The number of carbonyl (C=O) groups excluding carboxylic acids is 2. The van der Waals surface area contributed by atoms with E-state index in [1.165, 1.54) is 37.6 Å². The van der Waals surface area contributed by atoms with Crippen molar-refractivity contribution in [2.24, 2.45) is 17.3 Å². The molecule has 1 rings (SSSR count). The molecule has 0 saturated carbocycles. The monoisotopic (exact) mass is 597 g/mol. The normalized spacial score (nSPS) is 26.3. The average Bonchev–Trinajstić information content (AvgIpc) is 2.89. The molecule has 5 unspecified atom stereocenters. The van der Waals surface area contributed by atoms with E-state index in [4.69, 9.17) is 31.5 Å². The Hall–Kier alpha value is -1.51. The number of carbonyl (C=O) groups is 3. The molecule has 38 heavy (non-hydrogen) atoms. The second-order valence-electron chi connectivity index (χ2n) is 9.01. The Morgan fingerprint density at radius 2 is 1.79 bits per heavy atom. The fourth-order valence-corrected chi connectivity index (χ4v) is 5.93. The van der Waals surface area contributed by atoms with Gasteiger partial charge in [-0.1, -0.05) is 19.1 Å². The van der Waals surface area contributed by atoms with E-state index in [2.05, 4.69) is 0 Å². The summed E-state index contributed by atoms with van der Waals surface area (Å²) in [6, 6.07) is 1.99. The second kappa shape index (κ2) is 16.6. The van der Waals surface area contributed by atoms with Gasteiger partial charge in [0.25, 0.3) is 0 Å². The molecule has 1 saturated heterocycles. The van der Waals surface area contributed by atoms with Crippen LogP contribution in [0.3, 0.4) is 0 Å². The zero-order valence-electron chi connectivity index (χ0n) is 21.3. The molecule has 5 N–H and O–H groups in total. The molecular formula is C23H35NO11S3. The Bertz CT molecular complexity index is 870. The van der Waals surface area contributed by atoms with Crippen LogP contribution in [0.2, 0.25) is 0 Å². The fraction of sp³-hybridized carbons (Fsp3) is 0.783. The van der Waals surface area contributed by atoms with Crippen molar-refractivity contribution in [1.29, 1.82) is 5.26 Å². The SMILES string of the molecule is CCCSC(=S)SCC(CC(C(=O)OCC1O[C@H](O)C(O)[C@@H](O)[C@@H]1O)C(C)(C#N)CCC(=O)O)C(=O)OC. The summed E-state index contributed by atoms with van der Waals surface area (Å²) in [6.45, 7) is 2.72. The number of carboxylic acids is 1. The van der Waals surface area contributed by atoms with E-state index in [9.17, 15) is 40.1 Å². The van der Waals surface area contributed by atoms with Gasteiger partial charge in [0.1, 0.15) is 34.6 Å². The number of aliphatic hydroxyl groups is 4. The molecule has 1 aliphatic rings. The number of thiocarbonyl (C=S) groups is 1. The van der Waals surface area contributed by atoms with Crippen molar-refractivity contribution in [2.75, 3.05) is 25.2 Å². The number of ether oxygens (including phenoxy) is 3. The van der Waals surface area contributed by atoms with Crippen molar-refractivity contribution in [3.05, 3.63) is 0 Å².